The third-order valence-electron chi connectivity index (χ3n) is 5.81. The number of ether oxygens (including phenoxy) is 1. The highest BCUT2D eigenvalue weighted by Gasteiger charge is 2.26. The maximum absolute atomic E-state index is 13.2. The summed E-state index contributed by atoms with van der Waals surface area (Å²) in [6, 6.07) is 10.0. The normalized spacial score (nSPS) is 17.3. The minimum absolute atomic E-state index is 0.0682. The van der Waals surface area contributed by atoms with E-state index < -0.39 is 0 Å². The van der Waals surface area contributed by atoms with Crippen LogP contribution in [0, 0.1) is 5.92 Å². The Kier molecular flexibility index (Phi) is 7.87. The predicted molar refractivity (Wildman–Crippen MR) is 119 cm³/mol. The molecule has 3 rings (SSSR count). The van der Waals surface area contributed by atoms with Gasteiger partial charge in [0.05, 0.1) is 7.11 Å². The maximum atomic E-state index is 13.2. The average molecular weight is 414 g/mol. The van der Waals surface area contributed by atoms with Gasteiger partial charge < -0.3 is 14.5 Å². The van der Waals surface area contributed by atoms with Gasteiger partial charge in [-0.3, -0.25) is 14.4 Å². The molecule has 0 radical (unpaired) electrons. The van der Waals surface area contributed by atoms with Gasteiger partial charge in [-0.2, -0.15) is 5.10 Å². The largest absolute Gasteiger partial charge is 0.496 e. The lowest BCUT2D eigenvalue weighted by Gasteiger charge is -2.36. The first-order chi connectivity index (χ1) is 14.5. The molecule has 0 aliphatic carbocycles. The van der Waals surface area contributed by atoms with Gasteiger partial charge in [0.15, 0.2) is 0 Å². The number of aromatic nitrogens is 2. The van der Waals surface area contributed by atoms with Gasteiger partial charge in [-0.05, 0) is 51.5 Å². The lowest BCUT2D eigenvalue weighted by molar-refractivity contribution is 0.0649. The number of hydrogen-bond donors (Lipinski definition) is 0. The Balaban J connectivity index is 1.66. The van der Waals surface area contributed by atoms with Crippen LogP contribution in [0.5, 0.6) is 5.75 Å². The number of methoxy groups -OCH3 is 1. The molecule has 7 heteroatoms. The van der Waals surface area contributed by atoms with Crippen molar-refractivity contribution in [3.8, 4) is 5.75 Å². The zero-order chi connectivity index (χ0) is 21.5. The first-order valence-electron chi connectivity index (χ1n) is 10.7. The van der Waals surface area contributed by atoms with E-state index in [9.17, 15) is 4.79 Å². The van der Waals surface area contributed by atoms with E-state index in [1.54, 1.807) is 24.1 Å². The van der Waals surface area contributed by atoms with Crippen LogP contribution >= 0.6 is 0 Å². The van der Waals surface area contributed by atoms with E-state index in [2.05, 4.69) is 27.0 Å². The third-order valence-corrected chi connectivity index (χ3v) is 5.81. The first-order valence-corrected chi connectivity index (χ1v) is 10.7. The fourth-order valence-corrected chi connectivity index (χ4v) is 4.17. The SMILES string of the molecule is COc1ccccc1CN1CCC[C@H](CN(CCN(C)C)C(=O)c2ccnn2C)C1. The molecule has 1 aliphatic rings. The molecule has 1 aromatic heterocycles. The Morgan fingerprint density at radius 3 is 2.73 bits per heavy atom. The fraction of sp³-hybridized carbons (Fsp3) is 0.565. The number of rotatable bonds is 9. The summed E-state index contributed by atoms with van der Waals surface area (Å²) in [5.41, 5.74) is 1.87. The standard InChI is InChI=1S/C23H35N5O2/c1-25(2)14-15-28(23(29)21-11-12-24-26(21)3)17-19-8-7-13-27(16-19)18-20-9-5-6-10-22(20)30-4/h5-6,9-12,19H,7-8,13-18H2,1-4H3/t19-/m0/s1. The molecule has 1 fully saturated rings. The van der Waals surface area contributed by atoms with Crippen LogP contribution in [0.25, 0.3) is 0 Å². The molecule has 1 saturated heterocycles. The predicted octanol–water partition coefficient (Wildman–Crippen LogP) is 2.34. The van der Waals surface area contributed by atoms with Crippen LogP contribution in [0.1, 0.15) is 28.9 Å². The van der Waals surface area contributed by atoms with Crippen molar-refractivity contribution in [2.45, 2.75) is 19.4 Å². The van der Waals surface area contributed by atoms with Crippen molar-refractivity contribution in [2.24, 2.45) is 13.0 Å². The van der Waals surface area contributed by atoms with E-state index >= 15 is 0 Å². The lowest BCUT2D eigenvalue weighted by Crippen LogP contribution is -2.45. The second-order valence-corrected chi connectivity index (χ2v) is 8.45. The highest BCUT2D eigenvalue weighted by molar-refractivity contribution is 5.92. The van der Waals surface area contributed by atoms with Crippen molar-refractivity contribution >= 4 is 5.91 Å². The van der Waals surface area contributed by atoms with Crippen LogP contribution in [0.3, 0.4) is 0 Å². The monoisotopic (exact) mass is 413 g/mol. The Morgan fingerprint density at radius 2 is 2.03 bits per heavy atom. The van der Waals surface area contributed by atoms with E-state index in [0.29, 0.717) is 11.6 Å². The van der Waals surface area contributed by atoms with Gasteiger partial charge in [0.2, 0.25) is 0 Å². The van der Waals surface area contributed by atoms with E-state index in [4.69, 9.17) is 4.74 Å². The van der Waals surface area contributed by atoms with E-state index in [0.717, 1.165) is 57.9 Å². The Morgan fingerprint density at radius 1 is 1.23 bits per heavy atom. The number of amides is 1. The molecule has 7 nitrogen and oxygen atoms in total. The Labute approximate surface area is 180 Å². The number of benzene rings is 1. The number of hydrogen-bond acceptors (Lipinski definition) is 5. The van der Waals surface area contributed by atoms with Crippen molar-refractivity contribution in [3.63, 3.8) is 0 Å². The van der Waals surface area contributed by atoms with Crippen LogP contribution in [-0.4, -0.2) is 84.3 Å². The topological polar surface area (TPSA) is 53.8 Å². The molecule has 2 heterocycles. The summed E-state index contributed by atoms with van der Waals surface area (Å²) in [5.74, 6) is 1.48. The molecule has 0 saturated carbocycles. The number of aryl methyl sites for hydroxylation is 1. The summed E-state index contributed by atoms with van der Waals surface area (Å²) in [6.45, 7) is 5.31. The fourth-order valence-electron chi connectivity index (χ4n) is 4.17. The number of carbonyl (C=O) groups excluding carboxylic acids is 1. The zero-order valence-electron chi connectivity index (χ0n) is 18.8. The molecule has 30 heavy (non-hydrogen) atoms. The van der Waals surface area contributed by atoms with E-state index in [1.165, 1.54) is 5.56 Å². The van der Waals surface area contributed by atoms with Crippen molar-refractivity contribution in [1.29, 1.82) is 0 Å². The maximum Gasteiger partial charge on any atom is 0.272 e. The van der Waals surface area contributed by atoms with Crippen molar-refractivity contribution in [2.75, 3.05) is 53.9 Å². The molecule has 0 bridgehead atoms. The smallest absolute Gasteiger partial charge is 0.272 e. The number of piperidine rings is 1. The Bertz CT molecular complexity index is 819. The highest BCUT2D eigenvalue weighted by Crippen LogP contribution is 2.24. The molecule has 0 spiro atoms. The van der Waals surface area contributed by atoms with Crippen LogP contribution < -0.4 is 4.74 Å². The second kappa shape index (κ2) is 10.6. The number of likely N-dealkylation sites (tertiary alicyclic amines) is 1. The minimum atomic E-state index is 0.0682. The molecular weight excluding hydrogens is 378 g/mol. The van der Waals surface area contributed by atoms with Gasteiger partial charge in [-0.1, -0.05) is 18.2 Å². The molecule has 1 aliphatic heterocycles. The highest BCUT2D eigenvalue weighted by atomic mass is 16.5. The van der Waals surface area contributed by atoms with Crippen molar-refractivity contribution in [1.82, 2.24) is 24.5 Å². The number of para-hydroxylation sites is 1. The molecule has 0 N–H and O–H groups in total. The minimum Gasteiger partial charge on any atom is -0.496 e. The van der Waals surface area contributed by atoms with Gasteiger partial charge in [-0.15, -0.1) is 0 Å². The van der Waals surface area contributed by atoms with Gasteiger partial charge in [0.1, 0.15) is 11.4 Å². The first kappa shape index (κ1) is 22.3. The summed E-state index contributed by atoms with van der Waals surface area (Å²) in [4.78, 5) is 19.8. The molecule has 1 atom stereocenters. The van der Waals surface area contributed by atoms with Crippen molar-refractivity contribution < 1.29 is 9.53 Å². The van der Waals surface area contributed by atoms with E-state index in [1.807, 2.05) is 38.2 Å². The number of nitrogens with zero attached hydrogens (tertiary/aromatic N) is 5. The Hall–Kier alpha value is -2.38. The van der Waals surface area contributed by atoms with Crippen LogP contribution in [0.15, 0.2) is 36.5 Å². The summed E-state index contributed by atoms with van der Waals surface area (Å²) in [5, 5.41) is 4.18. The summed E-state index contributed by atoms with van der Waals surface area (Å²) in [6.07, 6.45) is 3.99. The third kappa shape index (κ3) is 5.83. The molecule has 1 aromatic carbocycles. The summed E-state index contributed by atoms with van der Waals surface area (Å²) >= 11 is 0. The average Bonchev–Trinajstić information content (AvgIpc) is 3.17. The molecule has 2 aromatic rings. The van der Waals surface area contributed by atoms with Gasteiger partial charge in [-0.25, -0.2) is 0 Å². The molecular formula is C23H35N5O2. The second-order valence-electron chi connectivity index (χ2n) is 8.45. The molecule has 164 valence electrons. The van der Waals surface area contributed by atoms with Crippen LogP contribution in [0.2, 0.25) is 0 Å². The van der Waals surface area contributed by atoms with Gasteiger partial charge >= 0.3 is 0 Å². The number of likely N-dealkylation sites (N-methyl/N-ethyl adjacent to an activating group) is 1. The van der Waals surface area contributed by atoms with Crippen LogP contribution in [-0.2, 0) is 13.6 Å². The van der Waals surface area contributed by atoms with E-state index in [-0.39, 0.29) is 5.91 Å². The number of carbonyl (C=O) groups is 1. The summed E-state index contributed by atoms with van der Waals surface area (Å²) in [7, 11) is 7.64. The van der Waals surface area contributed by atoms with Crippen molar-refractivity contribution in [3.05, 3.63) is 47.8 Å². The zero-order valence-corrected chi connectivity index (χ0v) is 18.8. The molecule has 0 unspecified atom stereocenters. The summed E-state index contributed by atoms with van der Waals surface area (Å²) < 4.78 is 7.19. The quantitative estimate of drug-likeness (QED) is 0.632. The van der Waals surface area contributed by atoms with Gasteiger partial charge in [0, 0.05) is 51.5 Å². The van der Waals surface area contributed by atoms with Gasteiger partial charge in [0.25, 0.3) is 5.91 Å². The lowest BCUT2D eigenvalue weighted by atomic mass is 9.96. The molecule has 1 amide bonds. The van der Waals surface area contributed by atoms with Crippen LogP contribution in [0.4, 0.5) is 0 Å².